The van der Waals surface area contributed by atoms with Crippen LogP contribution in [0.3, 0.4) is 0 Å². The molecule has 4 heteroatoms. The zero-order chi connectivity index (χ0) is 13.2. The Morgan fingerprint density at radius 1 is 1.37 bits per heavy atom. The van der Waals surface area contributed by atoms with E-state index in [4.69, 9.17) is 4.74 Å². The minimum atomic E-state index is -1.00. The standard InChI is InChI=1S/C15H15NO3/c17-15(18)12-9-11-3-1-2-4-13(11)16-14(12)19-8-7-10-5-6-10/h1-4,9-10H,5-8H2,(H,17,18). The first kappa shape index (κ1) is 12.0. The highest BCUT2D eigenvalue weighted by molar-refractivity contribution is 5.95. The lowest BCUT2D eigenvalue weighted by Gasteiger charge is -2.09. The van der Waals surface area contributed by atoms with Crippen LogP contribution in [0.1, 0.15) is 29.6 Å². The smallest absolute Gasteiger partial charge is 0.341 e. The number of rotatable bonds is 5. The number of hydrogen-bond donors (Lipinski definition) is 1. The quantitative estimate of drug-likeness (QED) is 0.894. The number of carboxylic acids is 1. The van der Waals surface area contributed by atoms with Crippen molar-refractivity contribution < 1.29 is 14.6 Å². The van der Waals surface area contributed by atoms with Crippen molar-refractivity contribution in [2.45, 2.75) is 19.3 Å². The van der Waals surface area contributed by atoms with E-state index in [1.54, 1.807) is 6.07 Å². The number of fused-ring (bicyclic) bond motifs is 1. The number of ether oxygens (including phenoxy) is 1. The van der Waals surface area contributed by atoms with Crippen molar-refractivity contribution in [2.24, 2.45) is 5.92 Å². The molecule has 1 saturated carbocycles. The van der Waals surface area contributed by atoms with Gasteiger partial charge in [0.1, 0.15) is 5.56 Å². The van der Waals surface area contributed by atoms with Gasteiger partial charge in [0.05, 0.1) is 12.1 Å². The Hall–Kier alpha value is -2.10. The van der Waals surface area contributed by atoms with Gasteiger partial charge in [-0.05, 0) is 24.5 Å². The van der Waals surface area contributed by atoms with E-state index in [0.717, 1.165) is 23.2 Å². The summed E-state index contributed by atoms with van der Waals surface area (Å²) < 4.78 is 5.57. The van der Waals surface area contributed by atoms with Gasteiger partial charge in [-0.1, -0.05) is 31.0 Å². The predicted molar refractivity (Wildman–Crippen MR) is 71.5 cm³/mol. The summed E-state index contributed by atoms with van der Waals surface area (Å²) in [6.07, 6.45) is 3.51. The Morgan fingerprint density at radius 3 is 2.89 bits per heavy atom. The van der Waals surface area contributed by atoms with Crippen LogP contribution < -0.4 is 4.74 Å². The normalized spacial score (nSPS) is 14.5. The third-order valence-corrected chi connectivity index (χ3v) is 3.38. The van der Waals surface area contributed by atoms with Crippen molar-refractivity contribution in [3.05, 3.63) is 35.9 Å². The lowest BCUT2D eigenvalue weighted by atomic mass is 10.1. The number of aromatic nitrogens is 1. The van der Waals surface area contributed by atoms with Gasteiger partial charge in [-0.3, -0.25) is 0 Å². The molecule has 2 aromatic rings. The molecule has 1 aliphatic rings. The Morgan fingerprint density at radius 2 is 2.16 bits per heavy atom. The number of pyridine rings is 1. The summed E-state index contributed by atoms with van der Waals surface area (Å²) in [7, 11) is 0. The van der Waals surface area contributed by atoms with Crippen LogP contribution in [0.4, 0.5) is 0 Å². The molecule has 0 radical (unpaired) electrons. The van der Waals surface area contributed by atoms with Gasteiger partial charge in [0.2, 0.25) is 5.88 Å². The number of nitrogens with zero attached hydrogens (tertiary/aromatic N) is 1. The SMILES string of the molecule is O=C(O)c1cc2ccccc2nc1OCCC1CC1. The highest BCUT2D eigenvalue weighted by Gasteiger charge is 2.21. The minimum absolute atomic E-state index is 0.134. The topological polar surface area (TPSA) is 59.4 Å². The van der Waals surface area contributed by atoms with Crippen LogP contribution in [0.5, 0.6) is 5.88 Å². The molecule has 1 aromatic carbocycles. The van der Waals surface area contributed by atoms with E-state index in [2.05, 4.69) is 4.98 Å². The third kappa shape index (κ3) is 2.67. The van der Waals surface area contributed by atoms with E-state index in [0.29, 0.717) is 6.61 Å². The second kappa shape index (κ2) is 4.88. The van der Waals surface area contributed by atoms with Crippen molar-refractivity contribution in [3.63, 3.8) is 0 Å². The number of benzene rings is 1. The molecule has 3 rings (SSSR count). The molecular weight excluding hydrogens is 242 g/mol. The number of carbonyl (C=O) groups is 1. The zero-order valence-electron chi connectivity index (χ0n) is 10.5. The molecule has 1 fully saturated rings. The van der Waals surface area contributed by atoms with Crippen LogP contribution in [0.2, 0.25) is 0 Å². The molecule has 0 amide bonds. The Kier molecular flexibility index (Phi) is 3.07. The number of hydrogen-bond acceptors (Lipinski definition) is 3. The first-order valence-electron chi connectivity index (χ1n) is 6.50. The summed E-state index contributed by atoms with van der Waals surface area (Å²) in [5.41, 5.74) is 0.892. The Balaban J connectivity index is 1.89. The molecule has 0 unspecified atom stereocenters. The van der Waals surface area contributed by atoms with Gasteiger partial charge in [-0.15, -0.1) is 0 Å². The van der Waals surface area contributed by atoms with Gasteiger partial charge in [0.15, 0.2) is 0 Å². The number of aromatic carboxylic acids is 1. The molecule has 1 N–H and O–H groups in total. The van der Waals surface area contributed by atoms with Crippen LogP contribution in [0.25, 0.3) is 10.9 Å². The molecule has 0 spiro atoms. The summed E-state index contributed by atoms with van der Waals surface area (Å²) in [6.45, 7) is 0.538. The highest BCUT2D eigenvalue weighted by atomic mass is 16.5. The molecule has 0 saturated heterocycles. The minimum Gasteiger partial charge on any atom is -0.477 e. The van der Waals surface area contributed by atoms with Crippen molar-refractivity contribution in [2.75, 3.05) is 6.61 Å². The number of para-hydroxylation sites is 1. The molecule has 1 heterocycles. The van der Waals surface area contributed by atoms with Gasteiger partial charge < -0.3 is 9.84 Å². The molecule has 19 heavy (non-hydrogen) atoms. The monoisotopic (exact) mass is 257 g/mol. The maximum atomic E-state index is 11.3. The Bertz CT molecular complexity index is 620. The second-order valence-corrected chi connectivity index (χ2v) is 4.92. The number of carboxylic acid groups (broad SMARTS) is 1. The average Bonchev–Trinajstić information content (AvgIpc) is 3.22. The van der Waals surface area contributed by atoms with E-state index in [1.807, 2.05) is 24.3 Å². The van der Waals surface area contributed by atoms with Gasteiger partial charge in [0.25, 0.3) is 0 Å². The molecular formula is C15H15NO3. The third-order valence-electron chi connectivity index (χ3n) is 3.38. The fourth-order valence-electron chi connectivity index (χ4n) is 2.09. The molecule has 4 nitrogen and oxygen atoms in total. The zero-order valence-corrected chi connectivity index (χ0v) is 10.5. The first-order chi connectivity index (χ1) is 9.24. The second-order valence-electron chi connectivity index (χ2n) is 4.92. The van der Waals surface area contributed by atoms with Crippen molar-refractivity contribution in [1.82, 2.24) is 4.98 Å². The summed E-state index contributed by atoms with van der Waals surface area (Å²) >= 11 is 0. The van der Waals surface area contributed by atoms with E-state index in [-0.39, 0.29) is 11.4 Å². The van der Waals surface area contributed by atoms with Crippen LogP contribution in [-0.4, -0.2) is 22.7 Å². The van der Waals surface area contributed by atoms with Crippen LogP contribution in [0.15, 0.2) is 30.3 Å². The van der Waals surface area contributed by atoms with Crippen LogP contribution in [0, 0.1) is 5.92 Å². The van der Waals surface area contributed by atoms with E-state index in [1.165, 1.54) is 12.8 Å². The maximum absolute atomic E-state index is 11.3. The van der Waals surface area contributed by atoms with Crippen molar-refractivity contribution in [1.29, 1.82) is 0 Å². The molecule has 0 atom stereocenters. The summed E-state index contributed by atoms with van der Waals surface area (Å²) in [4.78, 5) is 15.6. The van der Waals surface area contributed by atoms with Gasteiger partial charge >= 0.3 is 5.97 Å². The van der Waals surface area contributed by atoms with E-state index < -0.39 is 5.97 Å². The van der Waals surface area contributed by atoms with Crippen molar-refractivity contribution >= 4 is 16.9 Å². The van der Waals surface area contributed by atoms with Crippen LogP contribution >= 0.6 is 0 Å². The first-order valence-corrected chi connectivity index (χ1v) is 6.50. The lowest BCUT2D eigenvalue weighted by Crippen LogP contribution is -2.07. The average molecular weight is 257 g/mol. The highest BCUT2D eigenvalue weighted by Crippen LogP contribution is 2.32. The fourth-order valence-corrected chi connectivity index (χ4v) is 2.09. The van der Waals surface area contributed by atoms with E-state index in [9.17, 15) is 9.90 Å². The summed E-state index contributed by atoms with van der Waals surface area (Å²) in [5, 5.41) is 10.0. The molecule has 0 bridgehead atoms. The van der Waals surface area contributed by atoms with Gasteiger partial charge in [-0.2, -0.15) is 0 Å². The lowest BCUT2D eigenvalue weighted by molar-refractivity contribution is 0.0691. The molecule has 98 valence electrons. The largest absolute Gasteiger partial charge is 0.477 e. The van der Waals surface area contributed by atoms with Crippen LogP contribution in [-0.2, 0) is 0 Å². The molecule has 1 aromatic heterocycles. The molecule has 0 aliphatic heterocycles. The van der Waals surface area contributed by atoms with Crippen molar-refractivity contribution in [3.8, 4) is 5.88 Å². The predicted octanol–water partition coefficient (Wildman–Crippen LogP) is 3.11. The fraction of sp³-hybridized carbons (Fsp3) is 0.333. The molecule has 1 aliphatic carbocycles. The summed E-state index contributed by atoms with van der Waals surface area (Å²) in [6, 6.07) is 9.07. The van der Waals surface area contributed by atoms with E-state index >= 15 is 0 Å². The maximum Gasteiger partial charge on any atom is 0.341 e. The summed E-state index contributed by atoms with van der Waals surface area (Å²) in [5.74, 6) is -0.0136. The Labute approximate surface area is 111 Å². The van der Waals surface area contributed by atoms with Gasteiger partial charge in [0, 0.05) is 5.39 Å². The van der Waals surface area contributed by atoms with Gasteiger partial charge in [-0.25, -0.2) is 9.78 Å².